The molecule has 0 fully saturated rings. The van der Waals surface area contributed by atoms with Gasteiger partial charge in [-0.15, -0.1) is 0 Å². The van der Waals surface area contributed by atoms with Gasteiger partial charge in [0, 0.05) is 18.5 Å². The van der Waals surface area contributed by atoms with Crippen molar-refractivity contribution in [3.8, 4) is 23.1 Å². The van der Waals surface area contributed by atoms with Gasteiger partial charge in [-0.1, -0.05) is 12.1 Å². The van der Waals surface area contributed by atoms with E-state index in [1.807, 2.05) is 18.2 Å². The predicted octanol–water partition coefficient (Wildman–Crippen LogP) is 5.42. The van der Waals surface area contributed by atoms with Crippen molar-refractivity contribution < 1.29 is 17.9 Å². The molecule has 2 aromatic carbocycles. The third-order valence-electron chi connectivity index (χ3n) is 4.78. The Morgan fingerprint density at radius 1 is 0.727 bits per heavy atom. The van der Waals surface area contributed by atoms with E-state index in [1.54, 1.807) is 86.0 Å². The Kier molecular flexibility index (Phi) is 6.85. The van der Waals surface area contributed by atoms with Gasteiger partial charge in [0.25, 0.3) is 0 Å². The highest BCUT2D eigenvalue weighted by atomic mass is 32.2. The largest absolute Gasteiger partial charge is 0.457 e. The summed E-state index contributed by atoms with van der Waals surface area (Å²) in [6.07, 6.45) is 3.31. The van der Waals surface area contributed by atoms with Crippen molar-refractivity contribution in [2.45, 2.75) is 13.5 Å². The molecule has 0 aliphatic rings. The normalized spacial score (nSPS) is 11.1. The number of hydrogen-bond donors (Lipinski definition) is 0. The van der Waals surface area contributed by atoms with Crippen LogP contribution in [0, 0.1) is 0 Å². The fourth-order valence-electron chi connectivity index (χ4n) is 3.07. The fourth-order valence-corrected chi connectivity index (χ4v) is 4.15. The van der Waals surface area contributed by atoms with Gasteiger partial charge in [0.2, 0.25) is 15.9 Å². The smallest absolute Gasteiger partial charge is 0.235 e. The summed E-state index contributed by atoms with van der Waals surface area (Å²) in [5, 5.41) is 0. The summed E-state index contributed by atoms with van der Waals surface area (Å²) < 4.78 is 38.3. The lowest BCUT2D eigenvalue weighted by Crippen LogP contribution is -2.32. The van der Waals surface area contributed by atoms with Gasteiger partial charge in [0.05, 0.1) is 23.7 Å². The highest BCUT2D eigenvalue weighted by Crippen LogP contribution is 2.29. The van der Waals surface area contributed by atoms with Crippen LogP contribution in [0.2, 0.25) is 0 Å². The van der Waals surface area contributed by atoms with Crippen LogP contribution in [0.15, 0.2) is 97.3 Å². The van der Waals surface area contributed by atoms with Crippen molar-refractivity contribution >= 4 is 15.7 Å². The SMILES string of the molecule is CCS(=O)(=O)N(Cc1ccccn1)c1ccc(Oc2ccc(Oc3ccccn3)cc2)cc1. The molecule has 0 unspecified atom stereocenters. The highest BCUT2D eigenvalue weighted by molar-refractivity contribution is 7.92. The van der Waals surface area contributed by atoms with Gasteiger partial charge in [-0.3, -0.25) is 9.29 Å². The molecular formula is C25H23N3O4S. The van der Waals surface area contributed by atoms with E-state index in [4.69, 9.17) is 9.47 Å². The average Bonchev–Trinajstić information content (AvgIpc) is 2.86. The molecule has 4 rings (SSSR count). The van der Waals surface area contributed by atoms with Gasteiger partial charge in [-0.25, -0.2) is 13.4 Å². The molecule has 0 amide bonds. The maximum atomic E-state index is 12.7. The maximum absolute atomic E-state index is 12.7. The Morgan fingerprint density at radius 3 is 1.85 bits per heavy atom. The van der Waals surface area contributed by atoms with Crippen LogP contribution in [0.3, 0.4) is 0 Å². The van der Waals surface area contributed by atoms with Gasteiger partial charge in [-0.05, 0) is 73.7 Å². The quantitative estimate of drug-likeness (QED) is 0.331. The minimum absolute atomic E-state index is 0.00892. The summed E-state index contributed by atoms with van der Waals surface area (Å²) in [6.45, 7) is 1.79. The van der Waals surface area contributed by atoms with E-state index in [1.165, 1.54) is 4.31 Å². The second-order valence-corrected chi connectivity index (χ2v) is 9.25. The number of aromatic nitrogens is 2. The molecule has 0 N–H and O–H groups in total. The zero-order valence-corrected chi connectivity index (χ0v) is 18.9. The number of anilines is 1. The van der Waals surface area contributed by atoms with E-state index in [-0.39, 0.29) is 12.3 Å². The average molecular weight is 462 g/mol. The van der Waals surface area contributed by atoms with Crippen LogP contribution >= 0.6 is 0 Å². The van der Waals surface area contributed by atoms with E-state index in [9.17, 15) is 8.42 Å². The van der Waals surface area contributed by atoms with Crippen molar-refractivity contribution in [2.75, 3.05) is 10.1 Å². The molecule has 0 radical (unpaired) electrons. The van der Waals surface area contributed by atoms with Crippen LogP contribution in [0.4, 0.5) is 5.69 Å². The van der Waals surface area contributed by atoms with Gasteiger partial charge in [-0.2, -0.15) is 0 Å². The lowest BCUT2D eigenvalue weighted by atomic mass is 10.2. The lowest BCUT2D eigenvalue weighted by Gasteiger charge is -2.23. The van der Waals surface area contributed by atoms with E-state index < -0.39 is 10.0 Å². The Morgan fingerprint density at radius 2 is 1.30 bits per heavy atom. The second-order valence-electron chi connectivity index (χ2n) is 7.07. The van der Waals surface area contributed by atoms with E-state index in [0.29, 0.717) is 34.5 Å². The topological polar surface area (TPSA) is 81.6 Å². The van der Waals surface area contributed by atoms with Gasteiger partial charge < -0.3 is 9.47 Å². The second kappa shape index (κ2) is 10.1. The number of sulfonamides is 1. The minimum atomic E-state index is -3.48. The number of nitrogens with zero attached hydrogens (tertiary/aromatic N) is 3. The van der Waals surface area contributed by atoms with Gasteiger partial charge in [0.15, 0.2) is 0 Å². The van der Waals surface area contributed by atoms with E-state index in [2.05, 4.69) is 9.97 Å². The van der Waals surface area contributed by atoms with Crippen LogP contribution in [0.25, 0.3) is 0 Å². The molecular weight excluding hydrogens is 438 g/mol. The van der Waals surface area contributed by atoms with Crippen molar-refractivity contribution in [1.29, 1.82) is 0 Å². The molecule has 33 heavy (non-hydrogen) atoms. The summed E-state index contributed by atoms with van der Waals surface area (Å²) in [5.74, 6) is 2.36. The molecule has 7 nitrogen and oxygen atoms in total. The van der Waals surface area contributed by atoms with Gasteiger partial charge in [0.1, 0.15) is 17.2 Å². The predicted molar refractivity (Wildman–Crippen MR) is 127 cm³/mol. The van der Waals surface area contributed by atoms with Crippen molar-refractivity contribution in [3.05, 3.63) is 103 Å². The molecule has 0 aliphatic heterocycles. The van der Waals surface area contributed by atoms with Crippen molar-refractivity contribution in [2.24, 2.45) is 0 Å². The number of pyridine rings is 2. The molecule has 2 aromatic heterocycles. The molecule has 0 saturated carbocycles. The van der Waals surface area contributed by atoms with Crippen LogP contribution < -0.4 is 13.8 Å². The third kappa shape index (κ3) is 5.87. The molecule has 8 heteroatoms. The van der Waals surface area contributed by atoms with E-state index >= 15 is 0 Å². The monoisotopic (exact) mass is 461 g/mol. The Labute approximate surface area is 193 Å². The summed E-state index contributed by atoms with van der Waals surface area (Å²) in [4.78, 5) is 8.39. The molecule has 0 atom stereocenters. The Hall–Kier alpha value is -3.91. The van der Waals surface area contributed by atoms with Crippen molar-refractivity contribution in [1.82, 2.24) is 9.97 Å². The summed E-state index contributed by atoms with van der Waals surface area (Å²) in [6, 6.07) is 25.0. The van der Waals surface area contributed by atoms with Gasteiger partial charge >= 0.3 is 0 Å². The first-order valence-corrected chi connectivity index (χ1v) is 12.0. The fraction of sp³-hybridized carbons (Fsp3) is 0.120. The van der Waals surface area contributed by atoms with Crippen LogP contribution in [-0.2, 0) is 16.6 Å². The number of ether oxygens (including phenoxy) is 2. The Bertz CT molecular complexity index is 1270. The molecule has 168 valence electrons. The lowest BCUT2D eigenvalue weighted by molar-refractivity contribution is 0.456. The summed E-state index contributed by atoms with van der Waals surface area (Å²) in [5.41, 5.74) is 1.22. The van der Waals surface area contributed by atoms with Crippen LogP contribution in [0.5, 0.6) is 23.1 Å². The standard InChI is InChI=1S/C25H23N3O4S/c1-2-33(29,30)28(19-20-7-3-5-17-26-20)21-9-11-22(12-10-21)31-23-13-15-24(16-14-23)32-25-8-4-6-18-27-25/h3-18H,2,19H2,1H3. The molecule has 0 spiro atoms. The van der Waals surface area contributed by atoms with E-state index in [0.717, 1.165) is 0 Å². The first-order chi connectivity index (χ1) is 16.0. The highest BCUT2D eigenvalue weighted by Gasteiger charge is 2.21. The number of rotatable bonds is 9. The third-order valence-corrected chi connectivity index (χ3v) is 6.52. The van der Waals surface area contributed by atoms with Crippen molar-refractivity contribution in [3.63, 3.8) is 0 Å². The zero-order valence-electron chi connectivity index (χ0n) is 18.0. The van der Waals surface area contributed by atoms with Crippen LogP contribution in [-0.4, -0.2) is 24.1 Å². The number of benzene rings is 2. The summed E-state index contributed by atoms with van der Waals surface area (Å²) >= 11 is 0. The minimum Gasteiger partial charge on any atom is -0.457 e. The first kappa shape index (κ1) is 22.3. The maximum Gasteiger partial charge on any atom is 0.235 e. The molecule has 0 bridgehead atoms. The number of hydrogen-bond acceptors (Lipinski definition) is 6. The molecule has 0 saturated heterocycles. The first-order valence-electron chi connectivity index (χ1n) is 10.4. The zero-order chi connectivity index (χ0) is 23.1. The molecule has 2 heterocycles. The van der Waals surface area contributed by atoms with Crippen LogP contribution in [0.1, 0.15) is 12.6 Å². The summed E-state index contributed by atoms with van der Waals surface area (Å²) in [7, 11) is -3.48. The Balaban J connectivity index is 1.46. The molecule has 0 aliphatic carbocycles. The molecule has 4 aromatic rings.